The van der Waals surface area contributed by atoms with Gasteiger partial charge < -0.3 is 5.32 Å². The summed E-state index contributed by atoms with van der Waals surface area (Å²) in [4.78, 5) is 4.49. The fourth-order valence-electron chi connectivity index (χ4n) is 2.64. The van der Waals surface area contributed by atoms with E-state index in [9.17, 15) is 0 Å². The Morgan fingerprint density at radius 3 is 3.22 bits per heavy atom. The number of aryl methyl sites for hydroxylation is 2. The van der Waals surface area contributed by atoms with Crippen LogP contribution in [0.25, 0.3) is 0 Å². The van der Waals surface area contributed by atoms with Gasteiger partial charge in [-0.1, -0.05) is 0 Å². The molecule has 1 unspecified atom stereocenters. The topological polar surface area (TPSA) is 42.7 Å². The summed E-state index contributed by atoms with van der Waals surface area (Å²) in [5.41, 5.74) is 3.90. The highest BCUT2D eigenvalue weighted by Crippen LogP contribution is 2.29. The second-order valence-corrected chi connectivity index (χ2v) is 5.92. The van der Waals surface area contributed by atoms with Crippen molar-refractivity contribution < 1.29 is 0 Å². The number of nitrogens with one attached hydrogen (secondary N) is 1. The molecule has 0 bridgehead atoms. The molecule has 0 aromatic carbocycles. The molecule has 1 N–H and O–H groups in total. The van der Waals surface area contributed by atoms with Crippen LogP contribution in [-0.4, -0.2) is 14.8 Å². The third kappa shape index (κ3) is 2.20. The molecule has 18 heavy (non-hydrogen) atoms. The van der Waals surface area contributed by atoms with Crippen molar-refractivity contribution in [1.82, 2.24) is 20.1 Å². The van der Waals surface area contributed by atoms with Gasteiger partial charge in [-0.3, -0.25) is 4.68 Å². The van der Waals surface area contributed by atoms with Gasteiger partial charge in [0.2, 0.25) is 0 Å². The maximum absolute atomic E-state index is 4.49. The van der Waals surface area contributed by atoms with Crippen LogP contribution in [0.15, 0.2) is 11.6 Å². The van der Waals surface area contributed by atoms with E-state index in [0.29, 0.717) is 6.04 Å². The van der Waals surface area contributed by atoms with Gasteiger partial charge in [0.15, 0.2) is 0 Å². The van der Waals surface area contributed by atoms with Gasteiger partial charge >= 0.3 is 0 Å². The first-order valence-corrected chi connectivity index (χ1v) is 7.27. The number of nitrogens with zero attached hydrogens (tertiary/aromatic N) is 3. The van der Waals surface area contributed by atoms with Crippen molar-refractivity contribution in [3.8, 4) is 0 Å². The van der Waals surface area contributed by atoms with Crippen molar-refractivity contribution in [2.24, 2.45) is 7.05 Å². The van der Waals surface area contributed by atoms with Gasteiger partial charge in [-0.25, -0.2) is 4.98 Å². The van der Waals surface area contributed by atoms with Gasteiger partial charge in [-0.2, -0.15) is 5.10 Å². The second-order valence-electron chi connectivity index (χ2n) is 4.85. The van der Waals surface area contributed by atoms with Crippen LogP contribution in [0.5, 0.6) is 0 Å². The fourth-order valence-corrected chi connectivity index (χ4v) is 3.25. The fraction of sp³-hybridized carbons (Fsp3) is 0.538. The third-order valence-corrected chi connectivity index (χ3v) is 4.39. The van der Waals surface area contributed by atoms with E-state index in [1.54, 1.807) is 11.3 Å². The van der Waals surface area contributed by atoms with Crippen molar-refractivity contribution in [2.45, 2.75) is 38.8 Å². The Morgan fingerprint density at radius 2 is 2.44 bits per heavy atom. The summed E-state index contributed by atoms with van der Waals surface area (Å²) in [5.74, 6) is 0. The molecule has 96 valence electrons. The SMILES string of the molecule is Cc1nc(CNC2CCCc3c2cnn3C)cs1. The second kappa shape index (κ2) is 4.82. The van der Waals surface area contributed by atoms with Crippen molar-refractivity contribution in [3.63, 3.8) is 0 Å². The maximum atomic E-state index is 4.49. The molecule has 3 rings (SSSR count). The summed E-state index contributed by atoms with van der Waals surface area (Å²) in [7, 11) is 2.03. The summed E-state index contributed by atoms with van der Waals surface area (Å²) >= 11 is 1.71. The van der Waals surface area contributed by atoms with Crippen molar-refractivity contribution in [2.75, 3.05) is 0 Å². The Hall–Kier alpha value is -1.20. The van der Waals surface area contributed by atoms with E-state index in [2.05, 4.69) is 20.8 Å². The van der Waals surface area contributed by atoms with Crippen LogP contribution in [-0.2, 0) is 20.0 Å². The molecule has 0 spiro atoms. The first kappa shape index (κ1) is 11.9. The van der Waals surface area contributed by atoms with Crippen LogP contribution in [0.3, 0.4) is 0 Å². The smallest absolute Gasteiger partial charge is 0.0897 e. The zero-order valence-electron chi connectivity index (χ0n) is 10.8. The Morgan fingerprint density at radius 1 is 1.56 bits per heavy atom. The molecule has 0 amide bonds. The molecular formula is C13H18N4S. The quantitative estimate of drug-likeness (QED) is 0.923. The molecule has 1 aliphatic carbocycles. The van der Waals surface area contributed by atoms with Crippen LogP contribution in [0, 0.1) is 6.92 Å². The van der Waals surface area contributed by atoms with Crippen LogP contribution in [0.1, 0.15) is 40.8 Å². The number of rotatable bonds is 3. The molecule has 0 saturated carbocycles. The summed E-state index contributed by atoms with van der Waals surface area (Å²) in [6.45, 7) is 2.90. The Labute approximate surface area is 111 Å². The summed E-state index contributed by atoms with van der Waals surface area (Å²) in [6.07, 6.45) is 5.60. The van der Waals surface area contributed by atoms with E-state index in [1.807, 2.05) is 24.9 Å². The maximum Gasteiger partial charge on any atom is 0.0897 e. The van der Waals surface area contributed by atoms with E-state index in [-0.39, 0.29) is 0 Å². The lowest BCUT2D eigenvalue weighted by Gasteiger charge is -2.23. The lowest BCUT2D eigenvalue weighted by atomic mass is 9.93. The summed E-state index contributed by atoms with van der Waals surface area (Å²) in [6, 6.07) is 0.435. The minimum Gasteiger partial charge on any atom is -0.304 e. The van der Waals surface area contributed by atoms with Crippen LogP contribution in [0.2, 0.25) is 0 Å². The van der Waals surface area contributed by atoms with E-state index < -0.39 is 0 Å². The van der Waals surface area contributed by atoms with E-state index in [1.165, 1.54) is 24.1 Å². The summed E-state index contributed by atoms with van der Waals surface area (Å²) in [5, 5.41) is 11.3. The van der Waals surface area contributed by atoms with Gasteiger partial charge in [0, 0.05) is 36.3 Å². The Kier molecular flexibility index (Phi) is 3.18. The molecular weight excluding hydrogens is 244 g/mol. The lowest BCUT2D eigenvalue weighted by molar-refractivity contribution is 0.449. The largest absolute Gasteiger partial charge is 0.304 e. The lowest BCUT2D eigenvalue weighted by Crippen LogP contribution is -2.25. The highest BCUT2D eigenvalue weighted by Gasteiger charge is 2.22. The van der Waals surface area contributed by atoms with Gasteiger partial charge in [0.05, 0.1) is 16.9 Å². The zero-order valence-corrected chi connectivity index (χ0v) is 11.6. The molecule has 1 aliphatic rings. The predicted molar refractivity (Wildman–Crippen MR) is 72.6 cm³/mol. The molecule has 0 fully saturated rings. The van der Waals surface area contributed by atoms with Crippen LogP contribution in [0.4, 0.5) is 0 Å². The first-order valence-electron chi connectivity index (χ1n) is 6.39. The molecule has 0 saturated heterocycles. The standard InChI is InChI=1S/C13H18N4S/c1-9-16-10(8-18-9)6-14-12-4-3-5-13-11(12)7-15-17(13)2/h7-8,12,14H,3-6H2,1-2H3. The van der Waals surface area contributed by atoms with E-state index in [4.69, 9.17) is 0 Å². The number of fused-ring (bicyclic) bond motifs is 1. The van der Waals surface area contributed by atoms with Crippen LogP contribution >= 0.6 is 11.3 Å². The predicted octanol–water partition coefficient (Wildman–Crippen LogP) is 2.35. The van der Waals surface area contributed by atoms with Crippen molar-refractivity contribution in [3.05, 3.63) is 33.5 Å². The average Bonchev–Trinajstić information content (AvgIpc) is 2.94. The number of hydrogen-bond donors (Lipinski definition) is 1. The van der Waals surface area contributed by atoms with Gasteiger partial charge in [-0.15, -0.1) is 11.3 Å². The average molecular weight is 262 g/mol. The molecule has 2 aromatic rings. The normalized spacial score (nSPS) is 18.9. The van der Waals surface area contributed by atoms with Crippen molar-refractivity contribution in [1.29, 1.82) is 0 Å². The Bertz CT molecular complexity index is 543. The van der Waals surface area contributed by atoms with E-state index in [0.717, 1.165) is 23.7 Å². The number of hydrogen-bond acceptors (Lipinski definition) is 4. The minimum atomic E-state index is 0.435. The molecule has 2 heterocycles. The first-order chi connectivity index (χ1) is 8.74. The third-order valence-electron chi connectivity index (χ3n) is 3.57. The van der Waals surface area contributed by atoms with Gasteiger partial charge in [0.1, 0.15) is 0 Å². The monoisotopic (exact) mass is 262 g/mol. The zero-order chi connectivity index (χ0) is 12.5. The molecule has 4 nitrogen and oxygen atoms in total. The molecule has 1 atom stereocenters. The molecule has 5 heteroatoms. The minimum absolute atomic E-state index is 0.435. The van der Waals surface area contributed by atoms with E-state index >= 15 is 0 Å². The summed E-state index contributed by atoms with van der Waals surface area (Å²) < 4.78 is 2.01. The highest BCUT2D eigenvalue weighted by molar-refractivity contribution is 7.09. The van der Waals surface area contributed by atoms with Gasteiger partial charge in [0.25, 0.3) is 0 Å². The molecule has 0 aliphatic heterocycles. The van der Waals surface area contributed by atoms with Gasteiger partial charge in [-0.05, 0) is 26.2 Å². The Balaban J connectivity index is 1.71. The van der Waals surface area contributed by atoms with Crippen molar-refractivity contribution >= 4 is 11.3 Å². The molecule has 2 aromatic heterocycles. The number of thiazole rings is 1. The highest BCUT2D eigenvalue weighted by atomic mass is 32.1. The van der Waals surface area contributed by atoms with Crippen LogP contribution < -0.4 is 5.32 Å². The number of aromatic nitrogens is 3. The molecule has 0 radical (unpaired) electrons.